The molecule has 0 aromatic heterocycles. The number of benzene rings is 2. The van der Waals surface area contributed by atoms with E-state index in [0.717, 1.165) is 11.3 Å². The highest BCUT2D eigenvalue weighted by atomic mass is 35.5. The van der Waals surface area contributed by atoms with Gasteiger partial charge in [-0.1, -0.05) is 23.7 Å². The van der Waals surface area contributed by atoms with Crippen molar-refractivity contribution in [2.24, 2.45) is 4.99 Å². The Morgan fingerprint density at radius 2 is 2.12 bits per heavy atom. The number of benzodiazepines with no additional fused rings is 1. The van der Waals surface area contributed by atoms with E-state index in [0.29, 0.717) is 29.4 Å². The van der Waals surface area contributed by atoms with Crippen LogP contribution < -0.4 is 10.6 Å². The van der Waals surface area contributed by atoms with Crippen molar-refractivity contribution in [3.63, 3.8) is 0 Å². The summed E-state index contributed by atoms with van der Waals surface area (Å²) < 4.78 is 14.3. The van der Waals surface area contributed by atoms with Crippen LogP contribution in [-0.4, -0.2) is 30.8 Å². The maximum Gasteiger partial charge on any atom is 0.216 e. The first-order valence-electron chi connectivity index (χ1n) is 7.65. The Labute approximate surface area is 144 Å². The number of carbonyl (C=O) groups is 1. The lowest BCUT2D eigenvalue weighted by Crippen LogP contribution is -2.37. The van der Waals surface area contributed by atoms with Gasteiger partial charge in [0.1, 0.15) is 5.82 Å². The van der Waals surface area contributed by atoms with Crippen molar-refractivity contribution >= 4 is 28.9 Å². The summed E-state index contributed by atoms with van der Waals surface area (Å²) >= 11 is 6.13. The Balaban J connectivity index is 2.03. The summed E-state index contributed by atoms with van der Waals surface area (Å²) in [6.07, 6.45) is 0. The molecule has 1 amide bonds. The van der Waals surface area contributed by atoms with E-state index >= 15 is 0 Å². The summed E-state index contributed by atoms with van der Waals surface area (Å²) in [6, 6.07) is 11.8. The van der Waals surface area contributed by atoms with Crippen molar-refractivity contribution < 1.29 is 9.18 Å². The Morgan fingerprint density at radius 1 is 1.33 bits per heavy atom. The van der Waals surface area contributed by atoms with Crippen molar-refractivity contribution in [2.75, 3.05) is 18.4 Å². The maximum atomic E-state index is 14.3. The second-order valence-corrected chi connectivity index (χ2v) is 6.07. The molecule has 1 heterocycles. The van der Waals surface area contributed by atoms with Crippen LogP contribution in [0.3, 0.4) is 0 Å². The molecule has 0 aliphatic carbocycles. The first-order valence-corrected chi connectivity index (χ1v) is 8.02. The van der Waals surface area contributed by atoms with Gasteiger partial charge < -0.3 is 10.6 Å². The second kappa shape index (κ2) is 7.01. The van der Waals surface area contributed by atoms with Gasteiger partial charge in [0.05, 0.1) is 18.3 Å². The molecular formula is C18H17ClFN3O. The third-order valence-corrected chi connectivity index (χ3v) is 4.03. The van der Waals surface area contributed by atoms with Gasteiger partial charge in [0.15, 0.2) is 0 Å². The van der Waals surface area contributed by atoms with Crippen molar-refractivity contribution in [3.8, 4) is 0 Å². The van der Waals surface area contributed by atoms with Gasteiger partial charge in [0, 0.05) is 35.3 Å². The fourth-order valence-electron chi connectivity index (χ4n) is 2.66. The summed E-state index contributed by atoms with van der Waals surface area (Å²) in [4.78, 5) is 15.8. The molecule has 2 aromatic rings. The van der Waals surface area contributed by atoms with Crippen LogP contribution in [0.2, 0.25) is 5.02 Å². The topological polar surface area (TPSA) is 53.5 Å². The highest BCUT2D eigenvalue weighted by Gasteiger charge is 2.21. The van der Waals surface area contributed by atoms with E-state index in [1.165, 1.54) is 13.0 Å². The number of hydrogen-bond acceptors (Lipinski definition) is 3. The minimum absolute atomic E-state index is 0.0851. The number of carbonyl (C=O) groups excluding carboxylic acids is 1. The lowest BCUT2D eigenvalue weighted by Gasteiger charge is -2.17. The Kier molecular flexibility index (Phi) is 4.81. The predicted octanol–water partition coefficient (Wildman–Crippen LogP) is 3.25. The minimum Gasteiger partial charge on any atom is -0.378 e. The molecule has 0 saturated heterocycles. The molecule has 0 saturated carbocycles. The lowest BCUT2D eigenvalue weighted by molar-refractivity contribution is -0.118. The first kappa shape index (κ1) is 16.5. The number of hydrogen-bond donors (Lipinski definition) is 2. The van der Waals surface area contributed by atoms with E-state index in [4.69, 9.17) is 11.6 Å². The van der Waals surface area contributed by atoms with E-state index < -0.39 is 0 Å². The number of fused-ring (bicyclic) bond motifs is 1. The standard InChI is InChI=1S/C18H17ClFN3O/c1-11(24)21-9-13-10-22-18(14-4-2-3-5-16(14)20)15-8-12(19)6-7-17(15)23-13/h2-8,13,23H,9-10H2,1H3,(H,21,24)/i1+1,11+1. The van der Waals surface area contributed by atoms with Crippen molar-refractivity contribution in [3.05, 3.63) is 64.4 Å². The first-order chi connectivity index (χ1) is 11.5. The zero-order chi connectivity index (χ0) is 17.1. The van der Waals surface area contributed by atoms with Crippen molar-refractivity contribution in [1.29, 1.82) is 0 Å². The summed E-state index contributed by atoms with van der Waals surface area (Å²) in [6.45, 7) is 2.32. The SMILES string of the molecule is [13CH3][13C](=O)NCC1CN=C(c2ccccc2F)c2cc(Cl)ccc2N1. The van der Waals surface area contributed by atoms with Crippen molar-refractivity contribution in [2.45, 2.75) is 13.0 Å². The maximum absolute atomic E-state index is 14.3. The molecule has 3 rings (SSSR count). The fourth-order valence-corrected chi connectivity index (χ4v) is 2.83. The van der Waals surface area contributed by atoms with Gasteiger partial charge in [-0.25, -0.2) is 4.39 Å². The molecule has 4 nitrogen and oxygen atoms in total. The fraction of sp³-hybridized carbons (Fsp3) is 0.222. The molecular weight excluding hydrogens is 331 g/mol. The number of rotatable bonds is 3. The zero-order valence-corrected chi connectivity index (χ0v) is 13.9. The van der Waals surface area contributed by atoms with E-state index in [2.05, 4.69) is 15.6 Å². The molecule has 24 heavy (non-hydrogen) atoms. The van der Waals surface area contributed by atoms with Crippen LogP contribution in [0.1, 0.15) is 18.1 Å². The van der Waals surface area contributed by atoms with Gasteiger partial charge in [-0.3, -0.25) is 9.79 Å². The molecule has 6 heteroatoms. The quantitative estimate of drug-likeness (QED) is 0.837. The summed E-state index contributed by atoms with van der Waals surface area (Å²) in [7, 11) is 0. The van der Waals surface area contributed by atoms with E-state index in [1.54, 1.807) is 30.3 Å². The number of aliphatic imine (C=N–C) groups is 1. The van der Waals surface area contributed by atoms with Crippen LogP contribution in [0.15, 0.2) is 47.5 Å². The van der Waals surface area contributed by atoms with Gasteiger partial charge >= 0.3 is 0 Å². The van der Waals surface area contributed by atoms with Gasteiger partial charge in [-0.05, 0) is 30.3 Å². The molecule has 2 N–H and O–H groups in total. The smallest absolute Gasteiger partial charge is 0.216 e. The molecule has 0 fully saturated rings. The monoisotopic (exact) mass is 347 g/mol. The van der Waals surface area contributed by atoms with E-state index in [1.807, 2.05) is 6.07 Å². The second-order valence-electron chi connectivity index (χ2n) is 5.64. The van der Waals surface area contributed by atoms with Gasteiger partial charge in [0.25, 0.3) is 0 Å². The van der Waals surface area contributed by atoms with Gasteiger partial charge in [-0.15, -0.1) is 0 Å². The van der Waals surface area contributed by atoms with Crippen LogP contribution in [0, 0.1) is 5.82 Å². The number of nitrogens with zero attached hydrogens (tertiary/aromatic N) is 1. The normalized spacial score (nSPS) is 16.5. The third kappa shape index (κ3) is 3.57. The third-order valence-electron chi connectivity index (χ3n) is 3.79. The number of amides is 1. The van der Waals surface area contributed by atoms with Crippen LogP contribution in [0.4, 0.5) is 10.1 Å². The zero-order valence-electron chi connectivity index (χ0n) is 13.1. The van der Waals surface area contributed by atoms with E-state index in [-0.39, 0.29) is 17.8 Å². The Morgan fingerprint density at radius 3 is 2.88 bits per heavy atom. The molecule has 0 spiro atoms. The average Bonchev–Trinajstić information content (AvgIpc) is 2.72. The predicted molar refractivity (Wildman–Crippen MR) is 94.5 cm³/mol. The van der Waals surface area contributed by atoms with Crippen LogP contribution in [0.25, 0.3) is 0 Å². The molecule has 1 atom stereocenters. The molecule has 0 bridgehead atoms. The Hall–Kier alpha value is -2.40. The summed E-state index contributed by atoms with van der Waals surface area (Å²) in [5, 5.41) is 6.69. The number of halogens is 2. The molecule has 124 valence electrons. The largest absolute Gasteiger partial charge is 0.378 e. The molecule has 0 radical (unpaired) electrons. The molecule has 1 aliphatic heterocycles. The Bertz CT molecular complexity index is 807. The number of nitrogens with one attached hydrogen (secondary N) is 2. The molecule has 1 unspecified atom stereocenters. The highest BCUT2D eigenvalue weighted by molar-refractivity contribution is 6.31. The summed E-state index contributed by atoms with van der Waals surface area (Å²) in [5.41, 5.74) is 2.55. The van der Waals surface area contributed by atoms with Crippen LogP contribution in [0.5, 0.6) is 0 Å². The molecule has 1 aliphatic rings. The minimum atomic E-state index is -0.331. The van der Waals surface area contributed by atoms with Crippen LogP contribution >= 0.6 is 11.6 Å². The number of anilines is 1. The van der Waals surface area contributed by atoms with Crippen LogP contribution in [-0.2, 0) is 4.79 Å². The van der Waals surface area contributed by atoms with Crippen molar-refractivity contribution in [1.82, 2.24) is 5.32 Å². The lowest BCUT2D eigenvalue weighted by atomic mass is 10.00. The highest BCUT2D eigenvalue weighted by Crippen LogP contribution is 2.27. The van der Waals surface area contributed by atoms with Gasteiger partial charge in [0.2, 0.25) is 5.91 Å². The molecule has 2 aromatic carbocycles. The van der Waals surface area contributed by atoms with E-state index in [9.17, 15) is 9.18 Å². The average molecular weight is 348 g/mol. The summed E-state index contributed by atoms with van der Waals surface area (Å²) in [5.74, 6) is -0.432. The van der Waals surface area contributed by atoms with Gasteiger partial charge in [-0.2, -0.15) is 0 Å².